The molecule has 21 heavy (non-hydrogen) atoms. The van der Waals surface area contributed by atoms with Crippen LogP contribution in [0, 0.1) is 6.42 Å². The topological polar surface area (TPSA) is 18.5 Å². The molecule has 0 saturated heterocycles. The Morgan fingerprint density at radius 3 is 1.19 bits per heavy atom. The standard InChI is InChI=1S/C19H39O2/c1-20-18-16-14-12-10-8-6-4-3-5-7-9-11-13-15-17-19-21-2/h3H,4-19H2,1-2H3. The van der Waals surface area contributed by atoms with Gasteiger partial charge in [-0.05, 0) is 19.3 Å². The quantitative estimate of drug-likeness (QED) is 0.291. The Labute approximate surface area is 134 Å². The van der Waals surface area contributed by atoms with Crippen LogP contribution in [0.1, 0.15) is 89.9 Å². The van der Waals surface area contributed by atoms with E-state index in [0.29, 0.717) is 0 Å². The third-order valence-electron chi connectivity index (χ3n) is 4.01. The van der Waals surface area contributed by atoms with Crippen molar-refractivity contribution < 1.29 is 9.47 Å². The molecule has 0 rings (SSSR count). The van der Waals surface area contributed by atoms with Crippen molar-refractivity contribution in [3.63, 3.8) is 0 Å². The van der Waals surface area contributed by atoms with E-state index in [-0.39, 0.29) is 0 Å². The maximum absolute atomic E-state index is 5.06. The number of ether oxygens (including phenoxy) is 2. The molecule has 0 atom stereocenters. The molecular formula is C19H39O2. The van der Waals surface area contributed by atoms with Crippen molar-refractivity contribution in [2.24, 2.45) is 0 Å². The molecule has 0 heterocycles. The van der Waals surface area contributed by atoms with Crippen LogP contribution in [-0.4, -0.2) is 27.4 Å². The van der Waals surface area contributed by atoms with Crippen LogP contribution in [0.3, 0.4) is 0 Å². The van der Waals surface area contributed by atoms with E-state index >= 15 is 0 Å². The smallest absolute Gasteiger partial charge is 0.0462 e. The first-order chi connectivity index (χ1) is 10.4. The van der Waals surface area contributed by atoms with E-state index in [2.05, 4.69) is 6.42 Å². The minimum Gasteiger partial charge on any atom is -0.385 e. The largest absolute Gasteiger partial charge is 0.385 e. The number of methoxy groups -OCH3 is 2. The van der Waals surface area contributed by atoms with Gasteiger partial charge in [-0.2, -0.15) is 0 Å². The summed E-state index contributed by atoms with van der Waals surface area (Å²) >= 11 is 0. The maximum Gasteiger partial charge on any atom is 0.0462 e. The lowest BCUT2D eigenvalue weighted by Gasteiger charge is -2.03. The Hall–Kier alpha value is -0.0800. The summed E-state index contributed by atoms with van der Waals surface area (Å²) in [7, 11) is 3.58. The average molecular weight is 300 g/mol. The van der Waals surface area contributed by atoms with Gasteiger partial charge >= 0.3 is 0 Å². The molecular weight excluding hydrogens is 260 g/mol. The van der Waals surface area contributed by atoms with Crippen molar-refractivity contribution in [2.45, 2.75) is 89.9 Å². The summed E-state index contributed by atoms with van der Waals surface area (Å²) in [5, 5.41) is 0. The third kappa shape index (κ3) is 19.9. The number of hydrogen-bond acceptors (Lipinski definition) is 2. The molecule has 0 saturated carbocycles. The van der Waals surface area contributed by atoms with Gasteiger partial charge in [-0.3, -0.25) is 0 Å². The van der Waals surface area contributed by atoms with Crippen molar-refractivity contribution in [3.05, 3.63) is 6.42 Å². The zero-order valence-corrected chi connectivity index (χ0v) is 14.7. The van der Waals surface area contributed by atoms with Gasteiger partial charge in [-0.25, -0.2) is 0 Å². The van der Waals surface area contributed by atoms with Crippen LogP contribution >= 0.6 is 0 Å². The Balaban J connectivity index is 2.90. The molecule has 0 aromatic carbocycles. The molecule has 0 aliphatic heterocycles. The van der Waals surface area contributed by atoms with E-state index in [1.807, 2.05) is 0 Å². The first-order valence-electron chi connectivity index (χ1n) is 9.21. The molecule has 127 valence electrons. The second-order valence-corrected chi connectivity index (χ2v) is 6.09. The Morgan fingerprint density at radius 1 is 0.476 bits per heavy atom. The van der Waals surface area contributed by atoms with Crippen LogP contribution in [-0.2, 0) is 9.47 Å². The highest BCUT2D eigenvalue weighted by atomic mass is 16.5. The van der Waals surface area contributed by atoms with Gasteiger partial charge in [0.05, 0.1) is 0 Å². The first kappa shape index (κ1) is 20.9. The van der Waals surface area contributed by atoms with Crippen LogP contribution < -0.4 is 0 Å². The Bertz CT molecular complexity index is 153. The van der Waals surface area contributed by atoms with E-state index in [1.54, 1.807) is 14.2 Å². The molecule has 0 unspecified atom stereocenters. The van der Waals surface area contributed by atoms with Crippen LogP contribution in [0.4, 0.5) is 0 Å². The molecule has 0 aromatic heterocycles. The molecule has 0 bridgehead atoms. The first-order valence-corrected chi connectivity index (χ1v) is 9.21. The molecule has 0 aromatic rings. The fourth-order valence-corrected chi connectivity index (χ4v) is 2.63. The van der Waals surface area contributed by atoms with E-state index in [4.69, 9.17) is 9.47 Å². The van der Waals surface area contributed by atoms with Gasteiger partial charge in [-0.15, -0.1) is 0 Å². The third-order valence-corrected chi connectivity index (χ3v) is 4.01. The normalized spacial score (nSPS) is 11.1. The lowest BCUT2D eigenvalue weighted by molar-refractivity contribution is 0.192. The lowest BCUT2D eigenvalue weighted by atomic mass is 10.0. The fourth-order valence-electron chi connectivity index (χ4n) is 2.63. The predicted octanol–water partition coefficient (Wildman–Crippen LogP) is 5.94. The SMILES string of the molecule is COCCCCCCCC[CH]CCCCCCCCOC. The van der Waals surface area contributed by atoms with Gasteiger partial charge in [-0.1, -0.05) is 77.0 Å². The van der Waals surface area contributed by atoms with Crippen LogP contribution in [0.2, 0.25) is 0 Å². The summed E-state index contributed by atoms with van der Waals surface area (Å²) in [5.41, 5.74) is 0. The molecule has 0 aliphatic carbocycles. The highest BCUT2D eigenvalue weighted by Crippen LogP contribution is 2.12. The molecule has 0 amide bonds. The highest BCUT2D eigenvalue weighted by molar-refractivity contribution is 4.64. The fraction of sp³-hybridized carbons (Fsp3) is 0.947. The second kappa shape index (κ2) is 19.9. The Morgan fingerprint density at radius 2 is 0.810 bits per heavy atom. The summed E-state index contributed by atoms with van der Waals surface area (Å²) in [4.78, 5) is 0. The van der Waals surface area contributed by atoms with Crippen molar-refractivity contribution in [1.29, 1.82) is 0 Å². The maximum atomic E-state index is 5.06. The molecule has 1 radical (unpaired) electrons. The molecule has 0 N–H and O–H groups in total. The number of rotatable bonds is 18. The lowest BCUT2D eigenvalue weighted by Crippen LogP contribution is -1.89. The summed E-state index contributed by atoms with van der Waals surface area (Å²) in [6.45, 7) is 1.86. The van der Waals surface area contributed by atoms with Gasteiger partial charge in [0, 0.05) is 27.4 Å². The van der Waals surface area contributed by atoms with Crippen molar-refractivity contribution in [3.8, 4) is 0 Å². The van der Waals surface area contributed by atoms with Crippen LogP contribution in [0.25, 0.3) is 0 Å². The van der Waals surface area contributed by atoms with Gasteiger partial charge in [0.2, 0.25) is 0 Å². The number of unbranched alkanes of at least 4 members (excludes halogenated alkanes) is 14. The van der Waals surface area contributed by atoms with E-state index < -0.39 is 0 Å². The summed E-state index contributed by atoms with van der Waals surface area (Å²) in [6.07, 6.45) is 21.4. The minimum absolute atomic E-state index is 0.931. The van der Waals surface area contributed by atoms with Crippen molar-refractivity contribution in [2.75, 3.05) is 27.4 Å². The zero-order valence-electron chi connectivity index (χ0n) is 14.7. The van der Waals surface area contributed by atoms with E-state index in [0.717, 1.165) is 13.2 Å². The highest BCUT2D eigenvalue weighted by Gasteiger charge is 1.94. The van der Waals surface area contributed by atoms with E-state index in [9.17, 15) is 0 Å². The monoisotopic (exact) mass is 299 g/mol. The van der Waals surface area contributed by atoms with Crippen LogP contribution in [0.5, 0.6) is 0 Å². The predicted molar refractivity (Wildman–Crippen MR) is 92.7 cm³/mol. The van der Waals surface area contributed by atoms with Crippen molar-refractivity contribution >= 4 is 0 Å². The van der Waals surface area contributed by atoms with Gasteiger partial charge in [0.25, 0.3) is 0 Å². The van der Waals surface area contributed by atoms with Crippen LogP contribution in [0.15, 0.2) is 0 Å². The molecule has 0 spiro atoms. The molecule has 0 aliphatic rings. The Kier molecular flexibility index (Phi) is 19.8. The van der Waals surface area contributed by atoms with Gasteiger partial charge < -0.3 is 9.47 Å². The van der Waals surface area contributed by atoms with Crippen molar-refractivity contribution in [1.82, 2.24) is 0 Å². The summed E-state index contributed by atoms with van der Waals surface area (Å²) < 4.78 is 10.1. The second-order valence-electron chi connectivity index (χ2n) is 6.09. The molecule has 0 fully saturated rings. The summed E-state index contributed by atoms with van der Waals surface area (Å²) in [6, 6.07) is 0. The van der Waals surface area contributed by atoms with Gasteiger partial charge in [0.1, 0.15) is 0 Å². The molecule has 2 heteroatoms. The zero-order chi connectivity index (χ0) is 15.4. The average Bonchev–Trinajstić information content (AvgIpc) is 2.50. The van der Waals surface area contributed by atoms with Gasteiger partial charge in [0.15, 0.2) is 0 Å². The molecule has 2 nitrogen and oxygen atoms in total. The summed E-state index contributed by atoms with van der Waals surface area (Å²) in [5.74, 6) is 0. The number of hydrogen-bond donors (Lipinski definition) is 0. The van der Waals surface area contributed by atoms with E-state index in [1.165, 1.54) is 89.9 Å². The minimum atomic E-state index is 0.931.